The Balaban J connectivity index is 1.74. The maximum atomic E-state index is 12.9. The summed E-state index contributed by atoms with van der Waals surface area (Å²) in [4.78, 5) is 12.5. The number of methoxy groups -OCH3 is 1. The molecule has 0 heterocycles. The van der Waals surface area contributed by atoms with E-state index >= 15 is 0 Å². The zero-order valence-corrected chi connectivity index (χ0v) is 17.4. The molecule has 0 aromatic heterocycles. The number of likely N-dealkylation sites (N-methyl/N-ethyl adjacent to an activating group) is 1. The SMILES string of the molecule is COc1ccc(Cl)cc1S(=O)(=O)N(C)CC(=O)N[C@@H]1CCCc2ccccc21. The van der Waals surface area contributed by atoms with Gasteiger partial charge in [0.25, 0.3) is 0 Å². The van der Waals surface area contributed by atoms with E-state index < -0.39 is 10.0 Å². The van der Waals surface area contributed by atoms with Crippen LogP contribution in [0.5, 0.6) is 5.75 Å². The van der Waals surface area contributed by atoms with Gasteiger partial charge >= 0.3 is 0 Å². The maximum absolute atomic E-state index is 12.9. The molecule has 0 saturated heterocycles. The first-order valence-electron chi connectivity index (χ1n) is 9.00. The molecule has 150 valence electrons. The summed E-state index contributed by atoms with van der Waals surface area (Å²) in [5, 5.41) is 3.24. The first kappa shape index (κ1) is 20.6. The molecule has 2 aromatic carbocycles. The minimum absolute atomic E-state index is 0.0687. The zero-order valence-electron chi connectivity index (χ0n) is 15.8. The number of ether oxygens (including phenoxy) is 1. The number of nitrogens with zero attached hydrogens (tertiary/aromatic N) is 1. The number of hydrogen-bond donors (Lipinski definition) is 1. The fourth-order valence-corrected chi connectivity index (χ4v) is 4.99. The number of hydrogen-bond acceptors (Lipinski definition) is 4. The van der Waals surface area contributed by atoms with Gasteiger partial charge in [0.1, 0.15) is 10.6 Å². The second-order valence-corrected chi connectivity index (χ2v) is 9.22. The molecule has 0 bridgehead atoms. The Hall–Kier alpha value is -2.09. The summed E-state index contributed by atoms with van der Waals surface area (Å²) in [7, 11) is -1.19. The van der Waals surface area contributed by atoms with Gasteiger partial charge in [-0.05, 0) is 48.6 Å². The molecule has 8 heteroatoms. The highest BCUT2D eigenvalue weighted by Crippen LogP contribution is 2.30. The van der Waals surface area contributed by atoms with Crippen LogP contribution in [0.2, 0.25) is 5.02 Å². The van der Waals surface area contributed by atoms with Crippen molar-refractivity contribution in [2.45, 2.75) is 30.2 Å². The van der Waals surface area contributed by atoms with Gasteiger partial charge in [-0.1, -0.05) is 35.9 Å². The van der Waals surface area contributed by atoms with Crippen LogP contribution in [0.4, 0.5) is 0 Å². The Bertz CT molecular complexity index is 978. The van der Waals surface area contributed by atoms with Crippen molar-refractivity contribution in [2.24, 2.45) is 0 Å². The van der Waals surface area contributed by atoms with Crippen LogP contribution in [0.25, 0.3) is 0 Å². The summed E-state index contributed by atoms with van der Waals surface area (Å²) >= 11 is 5.95. The Morgan fingerprint density at radius 3 is 2.79 bits per heavy atom. The van der Waals surface area contributed by atoms with E-state index in [0.717, 1.165) is 29.1 Å². The van der Waals surface area contributed by atoms with Crippen molar-refractivity contribution in [1.29, 1.82) is 0 Å². The van der Waals surface area contributed by atoms with Crippen molar-refractivity contribution in [2.75, 3.05) is 20.7 Å². The molecular weight excluding hydrogens is 400 g/mol. The number of aryl methyl sites for hydroxylation is 1. The molecule has 1 N–H and O–H groups in total. The quantitative estimate of drug-likeness (QED) is 0.775. The first-order chi connectivity index (χ1) is 13.3. The normalized spacial score (nSPS) is 16.5. The molecule has 28 heavy (non-hydrogen) atoms. The molecule has 2 aromatic rings. The van der Waals surface area contributed by atoms with Crippen LogP contribution in [0.15, 0.2) is 47.4 Å². The predicted molar refractivity (Wildman–Crippen MR) is 108 cm³/mol. The van der Waals surface area contributed by atoms with Gasteiger partial charge in [0, 0.05) is 12.1 Å². The summed E-state index contributed by atoms with van der Waals surface area (Å²) in [6.45, 7) is -0.295. The molecule has 0 saturated carbocycles. The average molecular weight is 423 g/mol. The Morgan fingerprint density at radius 1 is 1.29 bits per heavy atom. The van der Waals surface area contributed by atoms with E-state index in [1.807, 2.05) is 18.2 Å². The smallest absolute Gasteiger partial charge is 0.247 e. The number of sulfonamides is 1. The molecular formula is C20H23ClN2O4S. The summed E-state index contributed by atoms with van der Waals surface area (Å²) in [5.74, 6) is -0.174. The second kappa shape index (κ2) is 8.51. The van der Waals surface area contributed by atoms with Gasteiger partial charge < -0.3 is 10.1 Å². The lowest BCUT2D eigenvalue weighted by molar-refractivity contribution is -0.122. The lowest BCUT2D eigenvalue weighted by Gasteiger charge is -2.27. The number of benzene rings is 2. The third-order valence-corrected chi connectivity index (χ3v) is 6.94. The number of nitrogens with one attached hydrogen (secondary N) is 1. The van der Waals surface area contributed by atoms with Crippen LogP contribution in [0.1, 0.15) is 30.0 Å². The Kier molecular flexibility index (Phi) is 6.27. The van der Waals surface area contributed by atoms with Crippen LogP contribution in [0.3, 0.4) is 0 Å². The van der Waals surface area contributed by atoms with E-state index in [1.165, 1.54) is 31.9 Å². The van der Waals surface area contributed by atoms with E-state index in [0.29, 0.717) is 0 Å². The number of halogens is 1. The minimum atomic E-state index is -3.94. The molecule has 0 unspecified atom stereocenters. The standard InChI is InChI=1S/C20H23ClN2O4S/c1-23(28(25,26)19-12-15(21)10-11-18(19)27-2)13-20(24)22-17-9-5-7-14-6-3-4-8-16(14)17/h3-4,6,8,10-12,17H,5,7,9,13H2,1-2H3,(H,22,24)/t17-/m1/s1. The molecule has 0 aliphatic heterocycles. The fourth-order valence-electron chi connectivity index (χ4n) is 3.45. The zero-order chi connectivity index (χ0) is 20.3. The molecule has 1 aliphatic carbocycles. The van der Waals surface area contributed by atoms with Crippen molar-refractivity contribution in [3.05, 3.63) is 58.6 Å². The summed E-state index contributed by atoms with van der Waals surface area (Å²) in [6.07, 6.45) is 2.81. The van der Waals surface area contributed by atoms with Crippen LogP contribution < -0.4 is 10.1 Å². The molecule has 0 radical (unpaired) electrons. The van der Waals surface area contributed by atoms with Crippen molar-refractivity contribution >= 4 is 27.5 Å². The summed E-state index contributed by atoms with van der Waals surface area (Å²) in [6, 6.07) is 12.3. The van der Waals surface area contributed by atoms with Gasteiger partial charge in [-0.25, -0.2) is 8.42 Å². The highest BCUT2D eigenvalue weighted by atomic mass is 35.5. The predicted octanol–water partition coefficient (Wildman–Crippen LogP) is 3.16. The molecule has 3 rings (SSSR count). The van der Waals surface area contributed by atoms with Gasteiger partial charge in [-0.3, -0.25) is 4.79 Å². The number of fused-ring (bicyclic) bond motifs is 1. The topological polar surface area (TPSA) is 75.7 Å². The van der Waals surface area contributed by atoms with Crippen molar-refractivity contribution in [3.63, 3.8) is 0 Å². The van der Waals surface area contributed by atoms with Crippen LogP contribution >= 0.6 is 11.6 Å². The average Bonchev–Trinajstić information content (AvgIpc) is 2.68. The highest BCUT2D eigenvalue weighted by molar-refractivity contribution is 7.89. The number of carbonyl (C=O) groups is 1. The van der Waals surface area contributed by atoms with Crippen molar-refractivity contribution in [3.8, 4) is 5.75 Å². The van der Waals surface area contributed by atoms with E-state index in [1.54, 1.807) is 6.07 Å². The first-order valence-corrected chi connectivity index (χ1v) is 10.8. The number of carbonyl (C=O) groups excluding carboxylic acids is 1. The van der Waals surface area contributed by atoms with E-state index in [9.17, 15) is 13.2 Å². The monoisotopic (exact) mass is 422 g/mol. The van der Waals surface area contributed by atoms with Gasteiger partial charge in [0.15, 0.2) is 0 Å². The summed E-state index contributed by atoms with van der Waals surface area (Å²) < 4.78 is 31.9. The molecule has 6 nitrogen and oxygen atoms in total. The van der Waals surface area contributed by atoms with Crippen molar-refractivity contribution in [1.82, 2.24) is 9.62 Å². The second-order valence-electron chi connectivity index (χ2n) is 6.77. The molecule has 1 amide bonds. The maximum Gasteiger partial charge on any atom is 0.247 e. The van der Waals surface area contributed by atoms with E-state index in [4.69, 9.17) is 16.3 Å². The lowest BCUT2D eigenvalue weighted by Crippen LogP contribution is -2.40. The third-order valence-electron chi connectivity index (χ3n) is 4.88. The van der Waals surface area contributed by atoms with Crippen molar-refractivity contribution < 1.29 is 17.9 Å². The minimum Gasteiger partial charge on any atom is -0.495 e. The van der Waals surface area contributed by atoms with Crippen LogP contribution in [0, 0.1) is 0 Å². The van der Waals surface area contributed by atoms with Gasteiger partial charge in [-0.15, -0.1) is 0 Å². The van der Waals surface area contributed by atoms with E-state index in [-0.39, 0.29) is 34.2 Å². The summed E-state index contributed by atoms with van der Waals surface area (Å²) in [5.41, 5.74) is 2.33. The highest BCUT2D eigenvalue weighted by Gasteiger charge is 2.28. The molecule has 0 spiro atoms. The van der Waals surface area contributed by atoms with Gasteiger partial charge in [0.05, 0.1) is 19.7 Å². The van der Waals surface area contributed by atoms with Gasteiger partial charge in [-0.2, -0.15) is 4.31 Å². The van der Waals surface area contributed by atoms with Crippen LogP contribution in [-0.2, 0) is 21.2 Å². The molecule has 1 atom stereocenters. The fraction of sp³-hybridized carbons (Fsp3) is 0.350. The van der Waals surface area contributed by atoms with Gasteiger partial charge in [0.2, 0.25) is 15.9 Å². The Morgan fingerprint density at radius 2 is 2.04 bits per heavy atom. The molecule has 1 aliphatic rings. The third kappa shape index (κ3) is 4.32. The number of amides is 1. The van der Waals surface area contributed by atoms with Crippen LogP contribution in [-0.4, -0.2) is 39.3 Å². The largest absolute Gasteiger partial charge is 0.495 e. The Labute approximate surface area is 170 Å². The lowest BCUT2D eigenvalue weighted by atomic mass is 9.88. The number of rotatable bonds is 6. The molecule has 0 fully saturated rings. The van der Waals surface area contributed by atoms with E-state index in [2.05, 4.69) is 11.4 Å².